The van der Waals surface area contributed by atoms with Crippen LogP contribution in [0.4, 0.5) is 0 Å². The summed E-state index contributed by atoms with van der Waals surface area (Å²) in [6.07, 6.45) is 3.45. The van der Waals surface area contributed by atoms with Gasteiger partial charge in [-0.1, -0.05) is 45.0 Å². The molecule has 0 radical (unpaired) electrons. The number of aromatic nitrogens is 2. The van der Waals surface area contributed by atoms with E-state index in [0.29, 0.717) is 13.2 Å². The molecule has 0 spiro atoms. The van der Waals surface area contributed by atoms with Crippen molar-refractivity contribution >= 4 is 16.9 Å². The number of methoxy groups -OCH3 is 1. The zero-order chi connectivity index (χ0) is 23.1. The molecular weight excluding hydrogens is 402 g/mol. The van der Waals surface area contributed by atoms with Gasteiger partial charge in [-0.3, -0.25) is 4.79 Å². The highest BCUT2D eigenvalue weighted by Crippen LogP contribution is 2.28. The molecule has 3 rings (SSSR count). The molecule has 32 heavy (non-hydrogen) atoms. The zero-order valence-corrected chi connectivity index (χ0v) is 19.5. The molecule has 1 N–H and O–H groups in total. The Hall–Kier alpha value is -3.28. The van der Waals surface area contributed by atoms with Gasteiger partial charge in [0.05, 0.1) is 31.3 Å². The molecule has 170 valence electrons. The predicted molar refractivity (Wildman–Crippen MR) is 128 cm³/mol. The number of aryl methyl sites for hydroxylation is 1. The number of ether oxygens (including phenoxy) is 2. The molecule has 1 amide bonds. The minimum Gasteiger partial charge on any atom is -0.493 e. The summed E-state index contributed by atoms with van der Waals surface area (Å²) in [7, 11) is 1.65. The van der Waals surface area contributed by atoms with Gasteiger partial charge < -0.3 is 19.4 Å². The van der Waals surface area contributed by atoms with Crippen molar-refractivity contribution in [3.8, 4) is 11.5 Å². The van der Waals surface area contributed by atoms with E-state index >= 15 is 0 Å². The van der Waals surface area contributed by atoms with E-state index in [-0.39, 0.29) is 5.91 Å². The topological polar surface area (TPSA) is 65.4 Å². The molecule has 6 nitrogen and oxygen atoms in total. The van der Waals surface area contributed by atoms with Crippen LogP contribution in [-0.2, 0) is 24.3 Å². The largest absolute Gasteiger partial charge is 0.493 e. The first-order valence-corrected chi connectivity index (χ1v) is 11.0. The Kier molecular flexibility index (Phi) is 7.57. The molecule has 3 aromatic rings. The number of fused-ring (bicyclic) bond motifs is 1. The van der Waals surface area contributed by atoms with Crippen LogP contribution in [0.25, 0.3) is 11.0 Å². The average Bonchev–Trinajstić information content (AvgIpc) is 3.12. The summed E-state index contributed by atoms with van der Waals surface area (Å²) in [6, 6.07) is 14.0. The summed E-state index contributed by atoms with van der Waals surface area (Å²) in [5, 5.41) is 3.01. The van der Waals surface area contributed by atoms with Crippen LogP contribution in [0.3, 0.4) is 0 Å². The lowest BCUT2D eigenvalue weighted by molar-refractivity contribution is -0.128. The fraction of sp³-hybridized carbons (Fsp3) is 0.385. The second-order valence-electron chi connectivity index (χ2n) is 8.78. The van der Waals surface area contributed by atoms with Crippen LogP contribution in [0.2, 0.25) is 0 Å². The molecule has 0 saturated heterocycles. The molecule has 0 atom stereocenters. The number of amides is 1. The van der Waals surface area contributed by atoms with Crippen molar-refractivity contribution in [2.75, 3.05) is 13.7 Å². The van der Waals surface area contributed by atoms with Crippen LogP contribution in [0.15, 0.2) is 55.1 Å². The lowest BCUT2D eigenvalue weighted by Gasteiger charge is -2.18. The first-order chi connectivity index (χ1) is 15.3. The van der Waals surface area contributed by atoms with E-state index in [4.69, 9.17) is 14.5 Å². The Bertz CT molecular complexity index is 1080. The quantitative estimate of drug-likeness (QED) is 0.363. The third-order valence-electron chi connectivity index (χ3n) is 5.21. The van der Waals surface area contributed by atoms with Crippen LogP contribution in [0.5, 0.6) is 11.5 Å². The summed E-state index contributed by atoms with van der Waals surface area (Å²) in [5.74, 6) is 2.30. The predicted octanol–water partition coefficient (Wildman–Crippen LogP) is 4.90. The Morgan fingerprint density at radius 3 is 2.69 bits per heavy atom. The van der Waals surface area contributed by atoms with Gasteiger partial charge in [-0.2, -0.15) is 0 Å². The molecule has 0 bridgehead atoms. The number of imidazole rings is 1. The SMILES string of the molecule is C=CCc1ccc(OCCCn2c(CNC(=O)C(C)(C)C)nc3ccccc32)c(OC)c1. The summed E-state index contributed by atoms with van der Waals surface area (Å²) in [5.41, 5.74) is 2.67. The molecular formula is C26H33N3O3. The van der Waals surface area contributed by atoms with Gasteiger partial charge in [0, 0.05) is 12.0 Å². The number of carbonyl (C=O) groups is 1. The summed E-state index contributed by atoms with van der Waals surface area (Å²) in [6.45, 7) is 11.2. The van der Waals surface area contributed by atoms with Crippen molar-refractivity contribution in [1.82, 2.24) is 14.9 Å². The van der Waals surface area contributed by atoms with Gasteiger partial charge in [-0.25, -0.2) is 4.98 Å². The van der Waals surface area contributed by atoms with Crippen LogP contribution in [-0.4, -0.2) is 29.2 Å². The first-order valence-electron chi connectivity index (χ1n) is 11.0. The molecule has 0 unspecified atom stereocenters. The Morgan fingerprint density at radius 2 is 1.97 bits per heavy atom. The summed E-state index contributed by atoms with van der Waals surface area (Å²) >= 11 is 0. The Balaban J connectivity index is 1.67. The highest BCUT2D eigenvalue weighted by Gasteiger charge is 2.21. The van der Waals surface area contributed by atoms with Gasteiger partial charge in [-0.05, 0) is 42.7 Å². The zero-order valence-electron chi connectivity index (χ0n) is 19.5. The van der Waals surface area contributed by atoms with E-state index in [0.717, 1.165) is 53.3 Å². The number of nitrogens with one attached hydrogen (secondary N) is 1. The smallest absolute Gasteiger partial charge is 0.225 e. The molecule has 0 fully saturated rings. The maximum absolute atomic E-state index is 12.3. The summed E-state index contributed by atoms with van der Waals surface area (Å²) in [4.78, 5) is 17.1. The number of allylic oxidation sites excluding steroid dienone is 1. The van der Waals surface area contributed by atoms with Gasteiger partial charge in [-0.15, -0.1) is 6.58 Å². The van der Waals surface area contributed by atoms with Crippen molar-refractivity contribution in [3.05, 3.63) is 66.5 Å². The first kappa shape index (κ1) is 23.4. The number of carbonyl (C=O) groups excluding carboxylic acids is 1. The Labute approximate surface area is 190 Å². The van der Waals surface area contributed by atoms with Gasteiger partial charge in [0.15, 0.2) is 11.5 Å². The van der Waals surface area contributed by atoms with Gasteiger partial charge in [0.25, 0.3) is 0 Å². The Morgan fingerprint density at radius 1 is 1.19 bits per heavy atom. The van der Waals surface area contributed by atoms with Crippen molar-refractivity contribution in [2.24, 2.45) is 5.41 Å². The van der Waals surface area contributed by atoms with Crippen LogP contribution < -0.4 is 14.8 Å². The summed E-state index contributed by atoms with van der Waals surface area (Å²) < 4.78 is 13.6. The van der Waals surface area contributed by atoms with Crippen molar-refractivity contribution in [2.45, 2.75) is 46.7 Å². The molecule has 0 aliphatic rings. The number of benzene rings is 2. The van der Waals surface area contributed by atoms with Crippen LogP contribution in [0, 0.1) is 5.41 Å². The average molecular weight is 436 g/mol. The van der Waals surface area contributed by atoms with E-state index in [1.807, 2.05) is 63.2 Å². The number of para-hydroxylation sites is 2. The normalized spacial score (nSPS) is 11.4. The molecule has 0 aliphatic heterocycles. The minimum atomic E-state index is -0.440. The molecule has 0 aliphatic carbocycles. The highest BCUT2D eigenvalue weighted by atomic mass is 16.5. The monoisotopic (exact) mass is 435 g/mol. The molecule has 1 aromatic heterocycles. The lowest BCUT2D eigenvalue weighted by atomic mass is 9.96. The molecule has 0 saturated carbocycles. The number of hydrogen-bond acceptors (Lipinski definition) is 4. The second-order valence-corrected chi connectivity index (χ2v) is 8.78. The maximum atomic E-state index is 12.3. The highest BCUT2D eigenvalue weighted by molar-refractivity contribution is 5.81. The standard InChI is InChI=1S/C26H33N3O3/c1-6-10-19-13-14-22(23(17-19)31-5)32-16-9-15-29-21-12-8-7-11-20(21)28-24(29)18-27-25(30)26(2,3)4/h6-8,11-14,17H,1,9-10,15-16,18H2,2-5H3,(H,27,30). The van der Waals surface area contributed by atoms with Crippen molar-refractivity contribution < 1.29 is 14.3 Å². The van der Waals surface area contributed by atoms with Crippen molar-refractivity contribution in [3.63, 3.8) is 0 Å². The van der Waals surface area contributed by atoms with E-state index in [2.05, 4.69) is 22.5 Å². The van der Waals surface area contributed by atoms with Gasteiger partial charge in [0.1, 0.15) is 5.82 Å². The number of rotatable bonds is 10. The van der Waals surface area contributed by atoms with E-state index < -0.39 is 5.41 Å². The lowest BCUT2D eigenvalue weighted by Crippen LogP contribution is -2.35. The van der Waals surface area contributed by atoms with Crippen LogP contribution >= 0.6 is 0 Å². The third kappa shape index (κ3) is 5.69. The van der Waals surface area contributed by atoms with E-state index in [1.165, 1.54) is 0 Å². The van der Waals surface area contributed by atoms with E-state index in [1.54, 1.807) is 7.11 Å². The molecule has 1 heterocycles. The van der Waals surface area contributed by atoms with E-state index in [9.17, 15) is 4.79 Å². The molecule has 6 heteroatoms. The van der Waals surface area contributed by atoms with Crippen LogP contribution in [0.1, 0.15) is 38.6 Å². The number of nitrogens with zero attached hydrogens (tertiary/aromatic N) is 2. The molecule has 2 aromatic carbocycles. The second kappa shape index (κ2) is 10.4. The van der Waals surface area contributed by atoms with Gasteiger partial charge >= 0.3 is 0 Å². The third-order valence-corrected chi connectivity index (χ3v) is 5.21. The maximum Gasteiger partial charge on any atom is 0.225 e. The van der Waals surface area contributed by atoms with Gasteiger partial charge in [0.2, 0.25) is 5.91 Å². The van der Waals surface area contributed by atoms with Crippen molar-refractivity contribution in [1.29, 1.82) is 0 Å². The fourth-order valence-electron chi connectivity index (χ4n) is 3.46. The minimum absolute atomic E-state index is 0.00596. The number of hydrogen-bond donors (Lipinski definition) is 1. The fourth-order valence-corrected chi connectivity index (χ4v) is 3.46.